The summed E-state index contributed by atoms with van der Waals surface area (Å²) >= 11 is 0. The van der Waals surface area contributed by atoms with Crippen LogP contribution >= 0.6 is 0 Å². The van der Waals surface area contributed by atoms with E-state index < -0.39 is 0 Å². The third-order valence-electron chi connectivity index (χ3n) is 1.62. The Hall–Kier alpha value is -0.940. The SMILES string of the molecule is COCCCc1noc([C@@H](C)N)n1. The van der Waals surface area contributed by atoms with E-state index in [1.54, 1.807) is 7.11 Å². The minimum Gasteiger partial charge on any atom is -0.385 e. The smallest absolute Gasteiger partial charge is 0.243 e. The molecule has 0 aliphatic carbocycles. The van der Waals surface area contributed by atoms with Crippen molar-refractivity contribution in [2.75, 3.05) is 13.7 Å². The first-order valence-electron chi connectivity index (χ1n) is 4.31. The zero-order valence-corrected chi connectivity index (χ0v) is 7.99. The highest BCUT2D eigenvalue weighted by atomic mass is 16.5. The van der Waals surface area contributed by atoms with Crippen LogP contribution in [0.25, 0.3) is 0 Å². The maximum absolute atomic E-state index is 5.56. The molecule has 1 aromatic rings. The van der Waals surface area contributed by atoms with Gasteiger partial charge in [-0.15, -0.1) is 0 Å². The lowest BCUT2D eigenvalue weighted by atomic mass is 10.3. The van der Waals surface area contributed by atoms with Gasteiger partial charge in [-0.25, -0.2) is 0 Å². The number of hydrogen-bond acceptors (Lipinski definition) is 5. The number of hydrogen-bond donors (Lipinski definition) is 1. The Kier molecular flexibility index (Phi) is 3.85. The van der Waals surface area contributed by atoms with Gasteiger partial charge < -0.3 is 15.0 Å². The zero-order chi connectivity index (χ0) is 9.68. The Morgan fingerprint density at radius 2 is 2.38 bits per heavy atom. The number of rotatable bonds is 5. The van der Waals surface area contributed by atoms with E-state index in [0.29, 0.717) is 18.3 Å². The highest BCUT2D eigenvalue weighted by Crippen LogP contribution is 2.06. The fraction of sp³-hybridized carbons (Fsp3) is 0.750. The van der Waals surface area contributed by atoms with Crippen molar-refractivity contribution >= 4 is 0 Å². The van der Waals surface area contributed by atoms with Gasteiger partial charge in [-0.1, -0.05) is 5.16 Å². The van der Waals surface area contributed by atoms with Gasteiger partial charge in [0.05, 0.1) is 6.04 Å². The molecule has 0 fully saturated rings. The summed E-state index contributed by atoms with van der Waals surface area (Å²) in [4.78, 5) is 4.12. The predicted molar refractivity (Wildman–Crippen MR) is 47.1 cm³/mol. The molecule has 0 amide bonds. The lowest BCUT2D eigenvalue weighted by Crippen LogP contribution is -2.05. The summed E-state index contributed by atoms with van der Waals surface area (Å²) in [5.74, 6) is 1.19. The second-order valence-corrected chi connectivity index (χ2v) is 2.93. The highest BCUT2D eigenvalue weighted by Gasteiger charge is 2.09. The molecular weight excluding hydrogens is 170 g/mol. The van der Waals surface area contributed by atoms with E-state index in [4.69, 9.17) is 15.0 Å². The molecular formula is C8H15N3O2. The van der Waals surface area contributed by atoms with Crippen LogP contribution in [0, 0.1) is 0 Å². The maximum atomic E-state index is 5.56. The molecule has 1 aromatic heterocycles. The maximum Gasteiger partial charge on any atom is 0.243 e. The number of nitrogens with two attached hydrogens (primary N) is 1. The lowest BCUT2D eigenvalue weighted by molar-refractivity contribution is 0.194. The molecule has 2 N–H and O–H groups in total. The number of nitrogens with zero attached hydrogens (tertiary/aromatic N) is 2. The van der Waals surface area contributed by atoms with Gasteiger partial charge in [-0.3, -0.25) is 0 Å². The molecule has 0 aliphatic rings. The minimum absolute atomic E-state index is 0.191. The van der Waals surface area contributed by atoms with Crippen molar-refractivity contribution in [3.63, 3.8) is 0 Å². The molecule has 13 heavy (non-hydrogen) atoms. The molecule has 0 aromatic carbocycles. The molecule has 0 unspecified atom stereocenters. The van der Waals surface area contributed by atoms with E-state index in [9.17, 15) is 0 Å². The quantitative estimate of drug-likeness (QED) is 0.682. The van der Waals surface area contributed by atoms with Crippen LogP contribution < -0.4 is 5.73 Å². The summed E-state index contributed by atoms with van der Waals surface area (Å²) in [5.41, 5.74) is 5.56. The van der Waals surface area contributed by atoms with Crippen LogP contribution in [0.5, 0.6) is 0 Å². The van der Waals surface area contributed by atoms with Crippen molar-refractivity contribution in [2.24, 2.45) is 5.73 Å². The largest absolute Gasteiger partial charge is 0.385 e. The van der Waals surface area contributed by atoms with Crippen molar-refractivity contribution in [1.29, 1.82) is 0 Å². The van der Waals surface area contributed by atoms with Gasteiger partial charge in [-0.05, 0) is 13.3 Å². The summed E-state index contributed by atoms with van der Waals surface area (Å²) in [6.07, 6.45) is 1.67. The third kappa shape index (κ3) is 3.12. The van der Waals surface area contributed by atoms with Gasteiger partial charge in [0.15, 0.2) is 5.82 Å². The van der Waals surface area contributed by atoms with Gasteiger partial charge in [0.25, 0.3) is 0 Å². The molecule has 1 rings (SSSR count). The van der Waals surface area contributed by atoms with Gasteiger partial charge in [0.2, 0.25) is 5.89 Å². The number of aryl methyl sites for hydroxylation is 1. The van der Waals surface area contributed by atoms with E-state index in [2.05, 4.69) is 10.1 Å². The van der Waals surface area contributed by atoms with Crippen LogP contribution in [-0.4, -0.2) is 23.9 Å². The normalized spacial score (nSPS) is 13.2. The Labute approximate surface area is 77.3 Å². The lowest BCUT2D eigenvalue weighted by Gasteiger charge is -1.94. The van der Waals surface area contributed by atoms with Crippen molar-refractivity contribution in [3.8, 4) is 0 Å². The fourth-order valence-electron chi connectivity index (χ4n) is 0.929. The number of ether oxygens (including phenoxy) is 1. The molecule has 1 atom stereocenters. The number of methoxy groups -OCH3 is 1. The van der Waals surface area contributed by atoms with Crippen molar-refractivity contribution in [1.82, 2.24) is 10.1 Å². The first-order chi connectivity index (χ1) is 6.24. The molecule has 5 nitrogen and oxygen atoms in total. The van der Waals surface area contributed by atoms with Crippen LogP contribution in [0.2, 0.25) is 0 Å². The van der Waals surface area contributed by atoms with Gasteiger partial charge >= 0.3 is 0 Å². The Morgan fingerprint density at radius 1 is 1.62 bits per heavy atom. The molecule has 0 saturated carbocycles. The Bertz CT molecular complexity index is 247. The van der Waals surface area contributed by atoms with Crippen molar-refractivity contribution in [2.45, 2.75) is 25.8 Å². The van der Waals surface area contributed by atoms with E-state index >= 15 is 0 Å². The Balaban J connectivity index is 2.40. The van der Waals surface area contributed by atoms with Crippen molar-refractivity contribution in [3.05, 3.63) is 11.7 Å². The van der Waals surface area contributed by atoms with Crippen LogP contribution in [0.1, 0.15) is 31.1 Å². The third-order valence-corrected chi connectivity index (χ3v) is 1.62. The first-order valence-corrected chi connectivity index (χ1v) is 4.31. The monoisotopic (exact) mass is 185 g/mol. The molecule has 74 valence electrons. The molecule has 1 heterocycles. The average Bonchev–Trinajstić information content (AvgIpc) is 2.53. The summed E-state index contributed by atoms with van der Waals surface area (Å²) in [7, 11) is 1.67. The summed E-state index contributed by atoms with van der Waals surface area (Å²) in [6.45, 7) is 2.52. The summed E-state index contributed by atoms with van der Waals surface area (Å²) < 4.78 is 9.84. The van der Waals surface area contributed by atoms with E-state index in [0.717, 1.165) is 12.8 Å². The zero-order valence-electron chi connectivity index (χ0n) is 7.99. The van der Waals surface area contributed by atoms with Crippen LogP contribution in [0.3, 0.4) is 0 Å². The van der Waals surface area contributed by atoms with Gasteiger partial charge in [0.1, 0.15) is 0 Å². The van der Waals surface area contributed by atoms with Crippen LogP contribution in [-0.2, 0) is 11.2 Å². The average molecular weight is 185 g/mol. The Morgan fingerprint density at radius 3 is 2.92 bits per heavy atom. The van der Waals surface area contributed by atoms with E-state index in [1.807, 2.05) is 6.92 Å². The number of aromatic nitrogens is 2. The molecule has 0 saturated heterocycles. The highest BCUT2D eigenvalue weighted by molar-refractivity contribution is 4.90. The van der Waals surface area contributed by atoms with Gasteiger partial charge in [-0.2, -0.15) is 4.98 Å². The second kappa shape index (κ2) is 4.94. The van der Waals surface area contributed by atoms with Crippen LogP contribution in [0.4, 0.5) is 0 Å². The minimum atomic E-state index is -0.191. The summed E-state index contributed by atoms with van der Waals surface area (Å²) in [5, 5.41) is 3.79. The van der Waals surface area contributed by atoms with Gasteiger partial charge in [0, 0.05) is 20.1 Å². The molecule has 0 radical (unpaired) electrons. The molecule has 5 heteroatoms. The summed E-state index contributed by atoms with van der Waals surface area (Å²) in [6, 6.07) is -0.191. The van der Waals surface area contributed by atoms with E-state index in [-0.39, 0.29) is 6.04 Å². The van der Waals surface area contributed by atoms with Crippen LogP contribution in [0.15, 0.2) is 4.52 Å². The van der Waals surface area contributed by atoms with E-state index in [1.165, 1.54) is 0 Å². The first kappa shape index (κ1) is 10.1. The fourth-order valence-corrected chi connectivity index (χ4v) is 0.929. The molecule has 0 aliphatic heterocycles. The van der Waals surface area contributed by atoms with Crippen molar-refractivity contribution < 1.29 is 9.26 Å². The predicted octanol–water partition coefficient (Wildman–Crippen LogP) is 0.668. The standard InChI is InChI=1S/C8H15N3O2/c1-6(9)8-10-7(11-13-8)4-3-5-12-2/h6H,3-5,9H2,1-2H3/t6-/m1/s1. The molecule has 0 spiro atoms. The second-order valence-electron chi connectivity index (χ2n) is 2.93. The topological polar surface area (TPSA) is 74.2 Å². The molecule has 0 bridgehead atoms.